The Morgan fingerprint density at radius 2 is 1.88 bits per heavy atom. The van der Waals surface area contributed by atoms with Crippen LogP contribution in [0.5, 0.6) is 0 Å². The lowest BCUT2D eigenvalue weighted by atomic mass is 10.0. The fraction of sp³-hybridized carbons (Fsp3) is 0.909. The molecule has 0 N–H and O–H groups in total. The fourth-order valence-corrected chi connectivity index (χ4v) is 1.90. The Hall–Kier alpha value is -0.580. The number of rotatable bonds is 10. The average molecular weight is 247 g/mol. The molecule has 0 bridgehead atoms. The quantitative estimate of drug-likeness (QED) is 0.278. The van der Waals surface area contributed by atoms with Gasteiger partial charge in [0, 0.05) is 5.75 Å². The third-order valence-corrected chi connectivity index (χ3v) is 3.03. The molecule has 0 aromatic rings. The van der Waals surface area contributed by atoms with E-state index in [0.29, 0.717) is 5.75 Å². The van der Waals surface area contributed by atoms with Crippen LogP contribution in [0, 0.1) is 10.8 Å². The summed E-state index contributed by atoms with van der Waals surface area (Å²) in [6.45, 7) is 2.18. The van der Waals surface area contributed by atoms with Crippen molar-refractivity contribution < 1.29 is 9.63 Å². The van der Waals surface area contributed by atoms with E-state index in [9.17, 15) is 9.70 Å². The molecule has 4 nitrogen and oxygen atoms in total. The largest absolute Gasteiger partial charge is 0.342 e. The fourth-order valence-electron chi connectivity index (χ4n) is 1.57. The highest BCUT2D eigenvalue weighted by atomic mass is 32.1. The molecule has 0 spiro atoms. The highest BCUT2D eigenvalue weighted by Crippen LogP contribution is 2.15. The van der Waals surface area contributed by atoms with Gasteiger partial charge in [-0.1, -0.05) is 45.4 Å². The first-order chi connectivity index (χ1) is 7.76. The van der Waals surface area contributed by atoms with Gasteiger partial charge in [0.1, 0.15) is 0 Å². The van der Waals surface area contributed by atoms with Gasteiger partial charge in [0.05, 0.1) is 5.92 Å². The minimum atomic E-state index is -0.557. The molecule has 0 aliphatic carbocycles. The standard InChI is InChI=1S/C11H21NO3S/c1-2-3-4-5-6-7-8-10(9-16)11(13)15-12-14/h10,16H,2-9H2,1H3. The maximum Gasteiger partial charge on any atom is 0.342 e. The second-order valence-electron chi connectivity index (χ2n) is 3.92. The van der Waals surface area contributed by atoms with Crippen molar-refractivity contribution in [3.05, 3.63) is 4.91 Å². The van der Waals surface area contributed by atoms with Crippen molar-refractivity contribution in [3.63, 3.8) is 0 Å². The van der Waals surface area contributed by atoms with Crippen molar-refractivity contribution in [1.82, 2.24) is 0 Å². The number of hydrogen-bond donors (Lipinski definition) is 1. The summed E-state index contributed by atoms with van der Waals surface area (Å²) < 4.78 is 0. The molecule has 0 aromatic heterocycles. The van der Waals surface area contributed by atoms with E-state index in [1.54, 1.807) is 0 Å². The van der Waals surface area contributed by atoms with E-state index in [1.807, 2.05) is 0 Å². The molecule has 0 saturated carbocycles. The molecular formula is C11H21NO3S. The molecule has 0 aliphatic heterocycles. The zero-order chi connectivity index (χ0) is 12.2. The molecule has 0 radical (unpaired) electrons. The molecular weight excluding hydrogens is 226 g/mol. The van der Waals surface area contributed by atoms with Gasteiger partial charge in [-0.15, -0.1) is 4.91 Å². The molecule has 0 rings (SSSR count). The van der Waals surface area contributed by atoms with Crippen LogP contribution in [0.4, 0.5) is 0 Å². The summed E-state index contributed by atoms with van der Waals surface area (Å²) in [6.07, 6.45) is 7.78. The smallest absolute Gasteiger partial charge is 0.284 e. The minimum Gasteiger partial charge on any atom is -0.284 e. The van der Waals surface area contributed by atoms with Crippen LogP contribution in [0.15, 0.2) is 5.34 Å². The van der Waals surface area contributed by atoms with Crippen LogP contribution in [-0.4, -0.2) is 11.7 Å². The Bertz CT molecular complexity index is 200. The van der Waals surface area contributed by atoms with Crippen molar-refractivity contribution >= 4 is 18.6 Å². The maximum atomic E-state index is 11.2. The molecule has 1 atom stereocenters. The van der Waals surface area contributed by atoms with Crippen LogP contribution < -0.4 is 0 Å². The zero-order valence-electron chi connectivity index (χ0n) is 9.85. The van der Waals surface area contributed by atoms with Crippen LogP contribution in [0.2, 0.25) is 0 Å². The number of nitrogens with zero attached hydrogens (tertiary/aromatic N) is 1. The van der Waals surface area contributed by atoms with Gasteiger partial charge in [0.2, 0.25) is 0 Å². The van der Waals surface area contributed by atoms with Crippen molar-refractivity contribution in [2.75, 3.05) is 5.75 Å². The topological polar surface area (TPSA) is 55.7 Å². The van der Waals surface area contributed by atoms with Crippen LogP contribution in [0.1, 0.15) is 51.9 Å². The number of carbonyl (C=O) groups excluding carboxylic acids is 1. The van der Waals surface area contributed by atoms with Gasteiger partial charge in [0.25, 0.3) is 0 Å². The highest BCUT2D eigenvalue weighted by Gasteiger charge is 2.18. The summed E-state index contributed by atoms with van der Waals surface area (Å²) in [6, 6.07) is 0. The lowest BCUT2D eigenvalue weighted by Gasteiger charge is -2.09. The van der Waals surface area contributed by atoms with Gasteiger partial charge in [0.15, 0.2) is 5.34 Å². The molecule has 0 aliphatic rings. The average Bonchev–Trinajstić information content (AvgIpc) is 2.28. The molecule has 0 aromatic carbocycles. The predicted octanol–water partition coefficient (Wildman–Crippen LogP) is 3.51. The molecule has 0 fully saturated rings. The van der Waals surface area contributed by atoms with Crippen LogP contribution >= 0.6 is 12.6 Å². The van der Waals surface area contributed by atoms with E-state index in [1.165, 1.54) is 25.7 Å². The SMILES string of the molecule is CCCCCCCCC(CS)C(=O)ON=O. The number of carbonyl (C=O) groups is 1. The van der Waals surface area contributed by atoms with Gasteiger partial charge in [-0.25, -0.2) is 4.79 Å². The second kappa shape index (κ2) is 10.9. The Morgan fingerprint density at radius 3 is 2.44 bits per heavy atom. The summed E-state index contributed by atoms with van der Waals surface area (Å²) in [5.74, 6) is -0.450. The molecule has 94 valence electrons. The predicted molar refractivity (Wildman–Crippen MR) is 67.2 cm³/mol. The van der Waals surface area contributed by atoms with E-state index >= 15 is 0 Å². The second-order valence-corrected chi connectivity index (χ2v) is 4.29. The molecule has 0 amide bonds. The van der Waals surface area contributed by atoms with Crippen LogP contribution in [0.3, 0.4) is 0 Å². The molecule has 0 heterocycles. The number of hydrogen-bond acceptors (Lipinski definition) is 5. The summed E-state index contributed by atoms with van der Waals surface area (Å²) in [5.41, 5.74) is 0. The Labute approximate surface area is 102 Å². The minimum absolute atomic E-state index is 0.299. The Kier molecular flexibility index (Phi) is 10.5. The van der Waals surface area contributed by atoms with Gasteiger partial charge >= 0.3 is 5.97 Å². The summed E-state index contributed by atoms with van der Waals surface area (Å²) >= 11 is 4.06. The van der Waals surface area contributed by atoms with Crippen molar-refractivity contribution in [2.24, 2.45) is 11.3 Å². The lowest BCUT2D eigenvalue weighted by molar-refractivity contribution is -0.148. The van der Waals surface area contributed by atoms with Gasteiger partial charge in [-0.2, -0.15) is 12.6 Å². The van der Waals surface area contributed by atoms with E-state index in [-0.39, 0.29) is 5.92 Å². The third-order valence-electron chi connectivity index (χ3n) is 2.59. The summed E-state index contributed by atoms with van der Waals surface area (Å²) in [7, 11) is 0. The van der Waals surface area contributed by atoms with E-state index < -0.39 is 5.97 Å². The van der Waals surface area contributed by atoms with Gasteiger partial charge in [-0.05, 0) is 6.42 Å². The summed E-state index contributed by atoms with van der Waals surface area (Å²) in [5, 5.41) is 2.14. The van der Waals surface area contributed by atoms with E-state index in [2.05, 4.69) is 29.7 Å². The first-order valence-corrected chi connectivity index (χ1v) is 6.53. The Balaban J connectivity index is 3.55. The lowest BCUT2D eigenvalue weighted by Crippen LogP contribution is -2.17. The van der Waals surface area contributed by atoms with Crippen molar-refractivity contribution in [2.45, 2.75) is 51.9 Å². The zero-order valence-corrected chi connectivity index (χ0v) is 10.7. The van der Waals surface area contributed by atoms with Crippen LogP contribution in [-0.2, 0) is 9.63 Å². The molecule has 16 heavy (non-hydrogen) atoms. The van der Waals surface area contributed by atoms with Gasteiger partial charge < -0.3 is 0 Å². The van der Waals surface area contributed by atoms with E-state index in [0.717, 1.165) is 19.3 Å². The van der Waals surface area contributed by atoms with Crippen molar-refractivity contribution in [3.8, 4) is 0 Å². The first-order valence-electron chi connectivity index (χ1n) is 5.90. The van der Waals surface area contributed by atoms with E-state index in [4.69, 9.17) is 0 Å². The van der Waals surface area contributed by atoms with Crippen molar-refractivity contribution in [1.29, 1.82) is 0 Å². The molecule has 5 heteroatoms. The van der Waals surface area contributed by atoms with Gasteiger partial charge in [-0.3, -0.25) is 4.84 Å². The van der Waals surface area contributed by atoms with Crippen LogP contribution in [0.25, 0.3) is 0 Å². The first kappa shape index (κ1) is 15.4. The monoisotopic (exact) mass is 247 g/mol. The number of unbranched alkanes of at least 4 members (excludes halogenated alkanes) is 5. The normalized spacial score (nSPS) is 12.1. The molecule has 1 unspecified atom stereocenters. The summed E-state index contributed by atoms with van der Waals surface area (Å²) in [4.78, 5) is 25.0. The maximum absolute atomic E-state index is 11.2. The highest BCUT2D eigenvalue weighted by molar-refractivity contribution is 7.80. The Morgan fingerprint density at radius 1 is 1.25 bits per heavy atom. The molecule has 0 saturated heterocycles. The third kappa shape index (κ3) is 7.68. The number of thiol groups is 1.